The lowest BCUT2D eigenvalue weighted by Gasteiger charge is -2.11. The molecule has 0 aliphatic heterocycles. The van der Waals surface area contributed by atoms with Crippen LogP contribution in [0.25, 0.3) is 0 Å². The van der Waals surface area contributed by atoms with Crippen molar-refractivity contribution in [3.63, 3.8) is 0 Å². The van der Waals surface area contributed by atoms with Gasteiger partial charge in [-0.05, 0) is 24.3 Å². The highest BCUT2D eigenvalue weighted by Crippen LogP contribution is 2.31. The minimum absolute atomic E-state index is 0.114. The zero-order chi connectivity index (χ0) is 14.7. The highest BCUT2D eigenvalue weighted by molar-refractivity contribution is 6.39. The molecule has 0 saturated carbocycles. The summed E-state index contributed by atoms with van der Waals surface area (Å²) in [4.78, 5) is 0. The van der Waals surface area contributed by atoms with Crippen LogP contribution in [0.1, 0.15) is 11.1 Å². The minimum Gasteiger partial charge on any atom is -0.378 e. The predicted octanol–water partition coefficient (Wildman–Crippen LogP) is 4.76. The third-order valence-corrected chi connectivity index (χ3v) is 3.24. The van der Waals surface area contributed by atoms with Crippen LogP contribution in [-0.4, -0.2) is 0 Å². The lowest BCUT2D eigenvalue weighted by atomic mass is 10.1. The van der Waals surface area contributed by atoms with Crippen molar-refractivity contribution in [3.05, 3.63) is 63.1 Å². The Hall–Kier alpha value is -1.83. The van der Waals surface area contributed by atoms with Gasteiger partial charge in [-0.15, -0.1) is 0 Å². The lowest BCUT2D eigenvalue weighted by Crippen LogP contribution is -2.03. The number of nitrogens with one attached hydrogen (secondary N) is 1. The molecule has 0 unspecified atom stereocenters. The van der Waals surface area contributed by atoms with Gasteiger partial charge in [-0.3, -0.25) is 0 Å². The molecular formula is C14H8Cl2F2N2. The summed E-state index contributed by atoms with van der Waals surface area (Å²) in [5.74, 6) is -1.05. The molecule has 0 spiro atoms. The number of halogens is 4. The van der Waals surface area contributed by atoms with Crippen molar-refractivity contribution in [3.8, 4) is 6.07 Å². The molecule has 0 aliphatic carbocycles. The molecule has 0 atom stereocenters. The maximum Gasteiger partial charge on any atom is 0.129 e. The minimum atomic E-state index is -0.546. The van der Waals surface area contributed by atoms with E-state index in [-0.39, 0.29) is 22.2 Å². The van der Waals surface area contributed by atoms with Crippen molar-refractivity contribution < 1.29 is 8.78 Å². The Morgan fingerprint density at radius 3 is 2.30 bits per heavy atom. The second-order valence-electron chi connectivity index (χ2n) is 4.02. The Morgan fingerprint density at radius 1 is 1.10 bits per heavy atom. The fraction of sp³-hybridized carbons (Fsp3) is 0.0714. The lowest BCUT2D eigenvalue weighted by molar-refractivity contribution is 0.612. The van der Waals surface area contributed by atoms with Crippen molar-refractivity contribution in [2.75, 3.05) is 5.32 Å². The Labute approximate surface area is 124 Å². The summed E-state index contributed by atoms with van der Waals surface area (Å²) in [5, 5.41) is 11.7. The van der Waals surface area contributed by atoms with Gasteiger partial charge in [-0.2, -0.15) is 5.26 Å². The van der Waals surface area contributed by atoms with Gasteiger partial charge in [0.15, 0.2) is 0 Å². The van der Waals surface area contributed by atoms with Crippen LogP contribution in [0.3, 0.4) is 0 Å². The first-order valence-corrected chi connectivity index (χ1v) is 6.34. The van der Waals surface area contributed by atoms with Crippen molar-refractivity contribution in [1.82, 2.24) is 0 Å². The van der Waals surface area contributed by atoms with Crippen LogP contribution in [0.5, 0.6) is 0 Å². The molecule has 0 aliphatic rings. The van der Waals surface area contributed by atoms with Gasteiger partial charge in [0.25, 0.3) is 0 Å². The number of nitrogens with zero attached hydrogens (tertiary/aromatic N) is 1. The van der Waals surface area contributed by atoms with E-state index in [1.54, 1.807) is 0 Å². The molecule has 1 N–H and O–H groups in total. The van der Waals surface area contributed by atoms with Crippen LogP contribution in [0, 0.1) is 23.0 Å². The summed E-state index contributed by atoms with van der Waals surface area (Å²) in [5.41, 5.74) is 0.919. The molecule has 2 rings (SSSR count). The third kappa shape index (κ3) is 3.19. The summed E-state index contributed by atoms with van der Waals surface area (Å²) in [7, 11) is 0. The van der Waals surface area contributed by atoms with Gasteiger partial charge in [0, 0.05) is 12.1 Å². The van der Waals surface area contributed by atoms with Gasteiger partial charge < -0.3 is 5.32 Å². The zero-order valence-electron chi connectivity index (χ0n) is 10.1. The summed E-state index contributed by atoms with van der Waals surface area (Å²) >= 11 is 11.7. The molecule has 2 aromatic carbocycles. The van der Waals surface area contributed by atoms with Crippen LogP contribution in [0.2, 0.25) is 10.0 Å². The Morgan fingerprint density at radius 2 is 1.75 bits per heavy atom. The van der Waals surface area contributed by atoms with Crippen molar-refractivity contribution in [1.29, 1.82) is 5.26 Å². The van der Waals surface area contributed by atoms with E-state index >= 15 is 0 Å². The Balaban J connectivity index is 2.20. The monoisotopic (exact) mass is 312 g/mol. The third-order valence-electron chi connectivity index (χ3n) is 2.64. The van der Waals surface area contributed by atoms with Gasteiger partial charge in [0.2, 0.25) is 0 Å². The summed E-state index contributed by atoms with van der Waals surface area (Å²) in [6.45, 7) is 0.114. The van der Waals surface area contributed by atoms with Gasteiger partial charge in [-0.25, -0.2) is 8.78 Å². The van der Waals surface area contributed by atoms with E-state index in [0.717, 1.165) is 18.2 Å². The molecule has 6 heteroatoms. The average Bonchev–Trinajstić information content (AvgIpc) is 2.39. The second-order valence-corrected chi connectivity index (χ2v) is 4.83. The Kier molecular flexibility index (Phi) is 4.43. The van der Waals surface area contributed by atoms with Crippen molar-refractivity contribution in [2.45, 2.75) is 6.54 Å². The summed E-state index contributed by atoms with van der Waals surface area (Å²) in [6.07, 6.45) is 0. The van der Waals surface area contributed by atoms with Gasteiger partial charge in [0.1, 0.15) is 11.6 Å². The van der Waals surface area contributed by atoms with Gasteiger partial charge in [-0.1, -0.05) is 29.3 Å². The molecule has 0 heterocycles. The SMILES string of the molecule is N#Cc1ccc(CNc2c(Cl)cc(F)cc2Cl)c(F)c1. The quantitative estimate of drug-likeness (QED) is 0.887. The maximum absolute atomic E-state index is 13.7. The number of rotatable bonds is 3. The largest absolute Gasteiger partial charge is 0.378 e. The van der Waals surface area contributed by atoms with E-state index in [0.29, 0.717) is 11.3 Å². The highest BCUT2D eigenvalue weighted by atomic mass is 35.5. The van der Waals surface area contributed by atoms with E-state index in [4.69, 9.17) is 28.5 Å². The molecular weight excluding hydrogens is 305 g/mol. The molecule has 0 bridgehead atoms. The average molecular weight is 313 g/mol. The van der Waals surface area contributed by atoms with Crippen LogP contribution in [-0.2, 0) is 6.54 Å². The number of benzene rings is 2. The topological polar surface area (TPSA) is 35.8 Å². The zero-order valence-corrected chi connectivity index (χ0v) is 11.6. The number of anilines is 1. The number of nitriles is 1. The van der Waals surface area contributed by atoms with Crippen LogP contribution in [0.4, 0.5) is 14.5 Å². The molecule has 102 valence electrons. The predicted molar refractivity (Wildman–Crippen MR) is 74.9 cm³/mol. The number of hydrogen-bond donors (Lipinski definition) is 1. The van der Waals surface area contributed by atoms with Gasteiger partial charge >= 0.3 is 0 Å². The first-order valence-electron chi connectivity index (χ1n) is 5.58. The first-order chi connectivity index (χ1) is 9.51. The fourth-order valence-electron chi connectivity index (χ4n) is 1.65. The Bertz CT molecular complexity index is 673. The van der Waals surface area contributed by atoms with Crippen LogP contribution < -0.4 is 5.32 Å². The van der Waals surface area contributed by atoms with Crippen LogP contribution >= 0.6 is 23.2 Å². The molecule has 0 fully saturated rings. The van der Waals surface area contributed by atoms with E-state index in [2.05, 4.69) is 5.32 Å². The molecule has 2 aromatic rings. The standard InChI is InChI=1S/C14H8Cl2F2N2/c15-11-4-10(17)5-12(16)14(11)20-7-9-2-1-8(6-19)3-13(9)18/h1-5,20H,7H2. The molecule has 0 amide bonds. The maximum atomic E-state index is 13.7. The van der Waals surface area contributed by atoms with Crippen LogP contribution in [0.15, 0.2) is 30.3 Å². The van der Waals surface area contributed by atoms with E-state index < -0.39 is 11.6 Å². The van der Waals surface area contributed by atoms with E-state index in [1.165, 1.54) is 12.1 Å². The summed E-state index contributed by atoms with van der Waals surface area (Å²) in [6, 6.07) is 8.22. The molecule has 0 aromatic heterocycles. The highest BCUT2D eigenvalue weighted by Gasteiger charge is 2.10. The second kappa shape index (κ2) is 6.08. The normalized spacial score (nSPS) is 10.2. The molecule has 2 nitrogen and oxygen atoms in total. The molecule has 0 radical (unpaired) electrons. The summed E-state index contributed by atoms with van der Waals surface area (Å²) < 4.78 is 26.7. The van der Waals surface area contributed by atoms with Crippen molar-refractivity contribution in [2.24, 2.45) is 0 Å². The van der Waals surface area contributed by atoms with Gasteiger partial charge in [0.05, 0.1) is 27.4 Å². The van der Waals surface area contributed by atoms with E-state index in [9.17, 15) is 8.78 Å². The molecule has 0 saturated heterocycles. The number of hydrogen-bond acceptors (Lipinski definition) is 2. The van der Waals surface area contributed by atoms with Crippen molar-refractivity contribution >= 4 is 28.9 Å². The molecule has 20 heavy (non-hydrogen) atoms. The fourth-order valence-corrected chi connectivity index (χ4v) is 2.25. The smallest absolute Gasteiger partial charge is 0.129 e. The van der Waals surface area contributed by atoms with E-state index in [1.807, 2.05) is 6.07 Å². The first kappa shape index (κ1) is 14.6.